The molecule has 11 heteroatoms. The Hall–Kier alpha value is -3.99. The molecule has 2 aromatic heterocycles. The lowest BCUT2D eigenvalue weighted by molar-refractivity contribution is -0.143. The third-order valence-corrected chi connectivity index (χ3v) is 8.13. The smallest absolute Gasteiger partial charge is 0.358 e. The Bertz CT molecular complexity index is 1630. The molecule has 220 valence electrons. The molecule has 1 N–H and O–H groups in total. The summed E-state index contributed by atoms with van der Waals surface area (Å²) in [7, 11) is 1.27. The Morgan fingerprint density at radius 3 is 2.00 bits per heavy atom. The van der Waals surface area contributed by atoms with Crippen LogP contribution in [0.15, 0.2) is 66.2 Å². The molecule has 0 radical (unpaired) electrons. The van der Waals surface area contributed by atoms with Gasteiger partial charge >= 0.3 is 12.4 Å². The second-order valence-corrected chi connectivity index (χ2v) is 11.1. The minimum absolute atomic E-state index is 0.0409. The summed E-state index contributed by atoms with van der Waals surface area (Å²) in [6.07, 6.45) is -8.93. The quantitative estimate of drug-likeness (QED) is 0.171. The summed E-state index contributed by atoms with van der Waals surface area (Å²) in [5, 5.41) is 4.11. The number of nitrogens with one attached hydrogen (secondary N) is 1. The lowest BCUT2D eigenvalue weighted by Crippen LogP contribution is -2.43. The summed E-state index contributed by atoms with van der Waals surface area (Å²) >= 11 is 1.31. The average Bonchev–Trinajstić information content (AvgIpc) is 3.43. The first-order chi connectivity index (χ1) is 19.5. The maximum Gasteiger partial charge on any atom is 0.416 e. The van der Waals surface area contributed by atoms with E-state index < -0.39 is 40.4 Å². The van der Waals surface area contributed by atoms with E-state index in [-0.39, 0.29) is 18.3 Å². The molecule has 0 saturated carbocycles. The molecule has 0 spiro atoms. The minimum atomic E-state index is -5.07. The van der Waals surface area contributed by atoms with E-state index in [9.17, 15) is 35.9 Å². The lowest BCUT2D eigenvalue weighted by atomic mass is 9.74. The van der Waals surface area contributed by atoms with E-state index in [1.165, 1.54) is 38.4 Å². The number of likely N-dealkylation sites (N-methyl/N-ethyl adjacent to an activating group) is 1. The number of aryl methyl sites for hydroxylation is 1. The number of rotatable bonds is 7. The van der Waals surface area contributed by atoms with Crippen molar-refractivity contribution in [3.8, 4) is 21.7 Å². The number of pyridine rings is 1. The average molecular weight is 605 g/mol. The van der Waals surface area contributed by atoms with Gasteiger partial charge in [0.15, 0.2) is 5.78 Å². The third-order valence-electron chi connectivity index (χ3n) is 7.18. The van der Waals surface area contributed by atoms with Gasteiger partial charge in [-0.15, -0.1) is 11.3 Å². The normalized spacial score (nSPS) is 13.5. The van der Waals surface area contributed by atoms with E-state index in [1.54, 1.807) is 23.6 Å². The maximum atomic E-state index is 13.7. The number of carbonyl (C=O) groups excluding carboxylic acids is 2. The number of halogens is 6. The molecule has 0 aliphatic carbocycles. The van der Waals surface area contributed by atoms with E-state index in [2.05, 4.69) is 10.3 Å². The molecule has 0 fully saturated rings. The summed E-state index contributed by atoms with van der Waals surface area (Å²) in [5.74, 6) is -0.881. The summed E-state index contributed by atoms with van der Waals surface area (Å²) in [4.78, 5) is 30.4. The van der Waals surface area contributed by atoms with Crippen molar-refractivity contribution in [1.29, 1.82) is 0 Å². The Morgan fingerprint density at radius 2 is 1.48 bits per heavy atom. The van der Waals surface area contributed by atoms with Gasteiger partial charge in [0.05, 0.1) is 27.1 Å². The highest BCUT2D eigenvalue weighted by Crippen LogP contribution is 2.42. The highest BCUT2D eigenvalue weighted by Gasteiger charge is 2.42. The molecule has 4 aromatic rings. The molecule has 2 aromatic carbocycles. The molecule has 0 aliphatic heterocycles. The predicted octanol–water partition coefficient (Wildman–Crippen LogP) is 8.27. The molecule has 1 unspecified atom stereocenters. The summed E-state index contributed by atoms with van der Waals surface area (Å²) in [6, 6.07) is 12.0. The summed E-state index contributed by atoms with van der Waals surface area (Å²) < 4.78 is 82.3. The summed E-state index contributed by atoms with van der Waals surface area (Å²) in [6.45, 7) is 4.62. The first-order valence-corrected chi connectivity index (χ1v) is 13.6. The van der Waals surface area contributed by atoms with Gasteiger partial charge in [-0.3, -0.25) is 14.6 Å². The predicted molar refractivity (Wildman–Crippen MR) is 149 cm³/mol. The second-order valence-electron chi connectivity index (χ2n) is 10.2. The number of aromatic nitrogens is 1. The van der Waals surface area contributed by atoms with Crippen molar-refractivity contribution in [2.24, 2.45) is 0 Å². The summed E-state index contributed by atoms with van der Waals surface area (Å²) in [5.41, 5.74) is -1.62. The molecular weight excluding hydrogens is 578 g/mol. The Balaban J connectivity index is 1.94. The van der Waals surface area contributed by atoms with E-state index >= 15 is 0 Å². The number of benzene rings is 2. The van der Waals surface area contributed by atoms with Gasteiger partial charge in [0, 0.05) is 24.2 Å². The lowest BCUT2D eigenvalue weighted by Gasteiger charge is -2.31. The van der Waals surface area contributed by atoms with Crippen LogP contribution in [-0.4, -0.2) is 23.7 Å². The number of hydrogen-bond donors (Lipinski definition) is 1. The second kappa shape index (κ2) is 11.4. The van der Waals surface area contributed by atoms with Gasteiger partial charge in [0.1, 0.15) is 0 Å². The van der Waals surface area contributed by atoms with Crippen LogP contribution in [0, 0.1) is 6.92 Å². The van der Waals surface area contributed by atoms with Gasteiger partial charge in [0.25, 0.3) is 0 Å². The van der Waals surface area contributed by atoms with Crippen LogP contribution in [0.4, 0.5) is 26.3 Å². The van der Waals surface area contributed by atoms with Crippen LogP contribution in [0.25, 0.3) is 21.7 Å². The highest BCUT2D eigenvalue weighted by atomic mass is 32.1. The van der Waals surface area contributed by atoms with Gasteiger partial charge in [-0.2, -0.15) is 26.3 Å². The van der Waals surface area contributed by atoms with Crippen molar-refractivity contribution in [2.75, 3.05) is 7.05 Å². The number of ketones is 1. The number of hydrogen-bond acceptors (Lipinski definition) is 4. The van der Waals surface area contributed by atoms with Crippen molar-refractivity contribution in [1.82, 2.24) is 10.3 Å². The zero-order valence-electron chi connectivity index (χ0n) is 23.0. The number of alkyl halides is 6. The molecule has 1 atom stereocenters. The monoisotopic (exact) mass is 604 g/mol. The Labute approximate surface area is 242 Å². The van der Waals surface area contributed by atoms with Gasteiger partial charge in [-0.25, -0.2) is 0 Å². The fourth-order valence-electron chi connectivity index (χ4n) is 4.78. The first-order valence-electron chi connectivity index (χ1n) is 12.7. The van der Waals surface area contributed by atoms with Gasteiger partial charge in [-0.1, -0.05) is 24.3 Å². The van der Waals surface area contributed by atoms with Crippen LogP contribution in [0.1, 0.15) is 52.0 Å². The van der Waals surface area contributed by atoms with Crippen molar-refractivity contribution < 1.29 is 35.9 Å². The Kier molecular flexibility index (Phi) is 8.37. The third kappa shape index (κ3) is 6.25. The van der Waals surface area contributed by atoms with E-state index in [0.29, 0.717) is 39.4 Å². The zero-order chi connectivity index (χ0) is 31.0. The number of amides is 1. The number of thiophene rings is 1. The molecular formula is C31H26F6N2O2S. The molecule has 0 bridgehead atoms. The molecule has 0 saturated heterocycles. The SMILES string of the molecule is CNC(=O)C(C)(Cc1cnc(-c2cc(C(C)=O)cs2)cc1-c1ccccc1C)c1cc(C(F)(F)F)cc(C(F)(F)F)c1. The minimum Gasteiger partial charge on any atom is -0.358 e. The van der Waals surface area contributed by atoms with Crippen LogP contribution in [0.5, 0.6) is 0 Å². The van der Waals surface area contributed by atoms with Crippen LogP contribution < -0.4 is 5.32 Å². The van der Waals surface area contributed by atoms with Gasteiger partial charge < -0.3 is 5.32 Å². The van der Waals surface area contributed by atoms with Crippen molar-refractivity contribution in [2.45, 2.75) is 45.0 Å². The largest absolute Gasteiger partial charge is 0.416 e. The molecule has 42 heavy (non-hydrogen) atoms. The van der Waals surface area contributed by atoms with Crippen LogP contribution in [0.3, 0.4) is 0 Å². The molecule has 0 aliphatic rings. The van der Waals surface area contributed by atoms with Crippen molar-refractivity contribution in [3.63, 3.8) is 0 Å². The molecule has 1 amide bonds. The standard InChI is InChI=1S/C31H26F6N2O2S/c1-17-7-5-6-8-24(17)25-13-26(27-9-19(16-42-27)18(2)40)39-15-20(25)14-29(3,28(41)38-4)21-10-22(30(32,33)34)12-23(11-21)31(35,36)37/h5-13,15-16H,14H2,1-4H3,(H,38,41). The zero-order valence-corrected chi connectivity index (χ0v) is 23.8. The van der Waals surface area contributed by atoms with Crippen molar-refractivity contribution in [3.05, 3.63) is 99.6 Å². The number of carbonyl (C=O) groups is 2. The van der Waals surface area contributed by atoms with Gasteiger partial charge in [0.2, 0.25) is 5.91 Å². The topological polar surface area (TPSA) is 59.1 Å². The van der Waals surface area contributed by atoms with E-state index in [1.807, 2.05) is 25.1 Å². The van der Waals surface area contributed by atoms with E-state index in [0.717, 1.165) is 11.1 Å². The Morgan fingerprint density at radius 1 is 0.881 bits per heavy atom. The number of nitrogens with zero attached hydrogens (tertiary/aromatic N) is 1. The highest BCUT2D eigenvalue weighted by molar-refractivity contribution is 7.13. The molecule has 2 heterocycles. The van der Waals surface area contributed by atoms with Crippen LogP contribution in [-0.2, 0) is 29.0 Å². The molecule has 4 nitrogen and oxygen atoms in total. The van der Waals surface area contributed by atoms with Crippen LogP contribution in [0.2, 0.25) is 0 Å². The fraction of sp³-hybridized carbons (Fsp3) is 0.258. The van der Waals surface area contributed by atoms with Crippen LogP contribution >= 0.6 is 11.3 Å². The fourth-order valence-corrected chi connectivity index (χ4v) is 5.70. The molecule has 4 rings (SSSR count). The number of Topliss-reactive ketones (excluding diaryl/α,β-unsaturated/α-hetero) is 1. The van der Waals surface area contributed by atoms with Crippen molar-refractivity contribution >= 4 is 23.0 Å². The maximum absolute atomic E-state index is 13.7. The first kappa shape index (κ1) is 31.0. The van der Waals surface area contributed by atoms with Gasteiger partial charge in [-0.05, 0) is 85.3 Å². The van der Waals surface area contributed by atoms with E-state index in [4.69, 9.17) is 0 Å².